The number of primary sulfonamides is 1. The molecule has 8 heteroatoms. The molecule has 0 aliphatic rings. The van der Waals surface area contributed by atoms with Crippen LogP contribution in [0.3, 0.4) is 0 Å². The Morgan fingerprint density at radius 1 is 1.04 bits per heavy atom. The highest BCUT2D eigenvalue weighted by Crippen LogP contribution is 2.11. The van der Waals surface area contributed by atoms with Gasteiger partial charge in [-0.15, -0.1) is 0 Å². The molecule has 4 N–H and O–H groups in total. The average Bonchev–Trinajstić information content (AvgIpc) is 2.66. The first-order valence-electron chi connectivity index (χ1n) is 8.69. The third-order valence-corrected chi connectivity index (χ3v) is 4.81. The van der Waals surface area contributed by atoms with Crippen LogP contribution in [0.25, 0.3) is 0 Å². The van der Waals surface area contributed by atoms with Gasteiger partial charge < -0.3 is 15.4 Å². The monoisotopic (exact) mass is 390 g/mol. The van der Waals surface area contributed by atoms with Crippen LogP contribution >= 0.6 is 0 Å². The second kappa shape index (κ2) is 9.94. The Morgan fingerprint density at radius 2 is 1.67 bits per heavy atom. The van der Waals surface area contributed by atoms with Crippen LogP contribution in [0.5, 0.6) is 5.75 Å². The van der Waals surface area contributed by atoms with Gasteiger partial charge >= 0.3 is 0 Å². The molecule has 0 aromatic heterocycles. The minimum Gasteiger partial charge on any atom is -0.497 e. The summed E-state index contributed by atoms with van der Waals surface area (Å²) in [6, 6.07) is 14.4. The molecule has 0 aliphatic heterocycles. The standard InChI is InChI=1S/C19H26N4O3S/c1-3-21-19(22-13-12-15-4-8-17(26-2)9-5-15)23-14-16-6-10-18(11-7-16)27(20,24)25/h4-11H,3,12-14H2,1-2H3,(H2,20,24,25)(H2,21,22,23). The van der Waals surface area contributed by atoms with Crippen LogP contribution in [0.1, 0.15) is 18.1 Å². The summed E-state index contributed by atoms with van der Waals surface area (Å²) in [5, 5.41) is 11.6. The molecule has 0 unspecified atom stereocenters. The topological polar surface area (TPSA) is 106 Å². The third-order valence-electron chi connectivity index (χ3n) is 3.88. The number of hydrogen-bond donors (Lipinski definition) is 3. The normalized spacial score (nSPS) is 11.9. The lowest BCUT2D eigenvalue weighted by Gasteiger charge is -2.11. The van der Waals surface area contributed by atoms with Crippen molar-refractivity contribution in [3.63, 3.8) is 0 Å². The maximum atomic E-state index is 11.3. The van der Waals surface area contributed by atoms with Gasteiger partial charge in [0.1, 0.15) is 5.75 Å². The second-order valence-electron chi connectivity index (χ2n) is 5.91. The molecular weight excluding hydrogens is 364 g/mol. The lowest BCUT2D eigenvalue weighted by atomic mass is 10.1. The molecule has 0 amide bonds. The van der Waals surface area contributed by atoms with E-state index in [2.05, 4.69) is 15.6 Å². The first kappa shape index (κ1) is 20.7. The van der Waals surface area contributed by atoms with Crippen molar-refractivity contribution in [2.45, 2.75) is 24.8 Å². The minimum atomic E-state index is -3.67. The quantitative estimate of drug-likeness (QED) is 0.469. The van der Waals surface area contributed by atoms with Crippen LogP contribution in [0, 0.1) is 0 Å². The third kappa shape index (κ3) is 6.92. The minimum absolute atomic E-state index is 0.0970. The summed E-state index contributed by atoms with van der Waals surface area (Å²) in [6.45, 7) is 3.92. The van der Waals surface area contributed by atoms with Gasteiger partial charge in [-0.1, -0.05) is 24.3 Å². The fourth-order valence-corrected chi connectivity index (χ4v) is 2.93. The van der Waals surface area contributed by atoms with E-state index in [1.165, 1.54) is 17.7 Å². The number of ether oxygens (including phenoxy) is 1. The second-order valence-corrected chi connectivity index (χ2v) is 7.47. The van der Waals surface area contributed by atoms with Gasteiger partial charge in [-0.25, -0.2) is 18.5 Å². The van der Waals surface area contributed by atoms with Crippen LogP contribution in [0.2, 0.25) is 0 Å². The first-order valence-corrected chi connectivity index (χ1v) is 10.2. The molecule has 0 spiro atoms. The van der Waals surface area contributed by atoms with Crippen molar-refractivity contribution in [3.05, 3.63) is 59.7 Å². The number of benzene rings is 2. The molecule has 2 rings (SSSR count). The molecular formula is C19H26N4O3S. The van der Waals surface area contributed by atoms with Crippen molar-refractivity contribution in [1.82, 2.24) is 10.6 Å². The Morgan fingerprint density at radius 3 is 2.22 bits per heavy atom. The van der Waals surface area contributed by atoms with Crippen LogP contribution < -0.4 is 20.5 Å². The highest BCUT2D eigenvalue weighted by atomic mass is 32.2. The summed E-state index contributed by atoms with van der Waals surface area (Å²) in [7, 11) is -2.02. The Bertz CT molecular complexity index is 848. The summed E-state index contributed by atoms with van der Waals surface area (Å²) in [5.74, 6) is 1.55. The van der Waals surface area contributed by atoms with E-state index in [4.69, 9.17) is 9.88 Å². The Labute approximate surface area is 160 Å². The fourth-order valence-electron chi connectivity index (χ4n) is 2.41. The predicted molar refractivity (Wildman–Crippen MR) is 107 cm³/mol. The van der Waals surface area contributed by atoms with Gasteiger partial charge in [0.05, 0.1) is 18.6 Å². The Hall–Kier alpha value is -2.58. The predicted octanol–water partition coefficient (Wildman–Crippen LogP) is 1.64. The summed E-state index contributed by atoms with van der Waals surface area (Å²) < 4.78 is 27.7. The summed E-state index contributed by atoms with van der Waals surface area (Å²) in [6.07, 6.45) is 0.859. The first-order chi connectivity index (χ1) is 12.9. The van der Waals surface area contributed by atoms with Gasteiger partial charge in [0.25, 0.3) is 0 Å². The number of nitrogens with zero attached hydrogens (tertiary/aromatic N) is 1. The van der Waals surface area contributed by atoms with Gasteiger partial charge in [0.2, 0.25) is 10.0 Å². The molecule has 146 valence electrons. The van der Waals surface area contributed by atoms with Crippen LogP contribution in [-0.2, 0) is 23.0 Å². The zero-order chi connectivity index (χ0) is 19.7. The molecule has 27 heavy (non-hydrogen) atoms. The number of nitrogens with two attached hydrogens (primary N) is 1. The summed E-state index contributed by atoms with van der Waals surface area (Å²) >= 11 is 0. The number of methoxy groups -OCH3 is 1. The van der Waals surface area contributed by atoms with E-state index in [1.807, 2.05) is 31.2 Å². The molecule has 0 aliphatic carbocycles. The van der Waals surface area contributed by atoms with E-state index < -0.39 is 10.0 Å². The number of sulfonamides is 1. The van der Waals surface area contributed by atoms with E-state index in [1.54, 1.807) is 19.2 Å². The van der Waals surface area contributed by atoms with Crippen LogP contribution in [-0.4, -0.2) is 34.6 Å². The van der Waals surface area contributed by atoms with Crippen molar-refractivity contribution >= 4 is 16.0 Å². The zero-order valence-electron chi connectivity index (χ0n) is 15.6. The molecule has 0 radical (unpaired) electrons. The SMILES string of the molecule is CCNC(=NCc1ccc(S(N)(=O)=O)cc1)NCCc1ccc(OC)cc1. The van der Waals surface area contributed by atoms with Crippen LogP contribution in [0.15, 0.2) is 58.4 Å². The molecule has 0 fully saturated rings. The highest BCUT2D eigenvalue weighted by Gasteiger charge is 2.06. The molecule has 7 nitrogen and oxygen atoms in total. The van der Waals surface area contributed by atoms with Crippen LogP contribution in [0.4, 0.5) is 0 Å². The van der Waals surface area contributed by atoms with Crippen molar-refractivity contribution < 1.29 is 13.2 Å². The van der Waals surface area contributed by atoms with Crippen molar-refractivity contribution in [2.24, 2.45) is 10.1 Å². The Kier molecular flexibility index (Phi) is 7.63. The number of nitrogens with one attached hydrogen (secondary N) is 2. The number of guanidine groups is 1. The van der Waals surface area contributed by atoms with Crippen molar-refractivity contribution in [1.29, 1.82) is 0 Å². The molecule has 2 aromatic rings. The molecule has 0 bridgehead atoms. The summed E-state index contributed by atoms with van der Waals surface area (Å²) in [4.78, 5) is 4.62. The highest BCUT2D eigenvalue weighted by molar-refractivity contribution is 7.89. The summed E-state index contributed by atoms with van der Waals surface area (Å²) in [5.41, 5.74) is 2.10. The number of aliphatic imine (C=N–C) groups is 1. The lowest BCUT2D eigenvalue weighted by molar-refractivity contribution is 0.414. The molecule has 2 aromatic carbocycles. The number of rotatable bonds is 8. The van der Waals surface area contributed by atoms with E-state index >= 15 is 0 Å². The lowest BCUT2D eigenvalue weighted by Crippen LogP contribution is -2.38. The average molecular weight is 391 g/mol. The van der Waals surface area contributed by atoms with E-state index in [9.17, 15) is 8.42 Å². The van der Waals surface area contributed by atoms with E-state index in [-0.39, 0.29) is 4.90 Å². The molecule has 0 saturated carbocycles. The van der Waals surface area contributed by atoms with E-state index in [0.29, 0.717) is 12.5 Å². The van der Waals surface area contributed by atoms with E-state index in [0.717, 1.165) is 30.8 Å². The van der Waals surface area contributed by atoms with Gasteiger partial charge in [-0.3, -0.25) is 0 Å². The van der Waals surface area contributed by atoms with Crippen molar-refractivity contribution in [3.8, 4) is 5.75 Å². The van der Waals surface area contributed by atoms with Gasteiger partial charge in [-0.05, 0) is 48.7 Å². The van der Waals surface area contributed by atoms with Gasteiger partial charge in [0.15, 0.2) is 5.96 Å². The smallest absolute Gasteiger partial charge is 0.238 e. The molecule has 0 saturated heterocycles. The maximum absolute atomic E-state index is 11.3. The van der Waals surface area contributed by atoms with Gasteiger partial charge in [0, 0.05) is 13.1 Å². The Balaban J connectivity index is 1.91. The number of hydrogen-bond acceptors (Lipinski definition) is 4. The molecule has 0 heterocycles. The molecule has 0 atom stereocenters. The maximum Gasteiger partial charge on any atom is 0.238 e. The van der Waals surface area contributed by atoms with Gasteiger partial charge in [-0.2, -0.15) is 0 Å². The zero-order valence-corrected chi connectivity index (χ0v) is 16.4. The van der Waals surface area contributed by atoms with Crippen molar-refractivity contribution in [2.75, 3.05) is 20.2 Å². The fraction of sp³-hybridized carbons (Fsp3) is 0.316. The largest absolute Gasteiger partial charge is 0.497 e.